The molecule has 2 aromatic carbocycles. The van der Waals surface area contributed by atoms with Crippen LogP contribution in [0.25, 0.3) is 0 Å². The molecule has 0 heterocycles. The molecule has 2 aromatic rings. The second-order valence-electron chi connectivity index (χ2n) is 4.32. The van der Waals surface area contributed by atoms with Crippen LogP contribution in [-0.2, 0) is 14.8 Å². The van der Waals surface area contributed by atoms with Crippen LogP contribution in [0.2, 0.25) is 5.02 Å². The van der Waals surface area contributed by atoms with Gasteiger partial charge in [0.15, 0.2) is 0 Å². The van der Waals surface area contributed by atoms with Crippen LogP contribution in [0.15, 0.2) is 53.4 Å². The van der Waals surface area contributed by atoms with Crippen molar-refractivity contribution < 1.29 is 13.2 Å². The van der Waals surface area contributed by atoms with Crippen molar-refractivity contribution >= 4 is 38.9 Å². The van der Waals surface area contributed by atoms with Gasteiger partial charge in [-0.1, -0.05) is 11.6 Å². The zero-order valence-corrected chi connectivity index (χ0v) is 12.7. The van der Waals surface area contributed by atoms with Gasteiger partial charge < -0.3 is 5.32 Å². The van der Waals surface area contributed by atoms with Crippen LogP contribution in [0.4, 0.5) is 11.4 Å². The monoisotopic (exact) mass is 324 g/mol. The highest BCUT2D eigenvalue weighted by atomic mass is 35.5. The van der Waals surface area contributed by atoms with E-state index < -0.39 is 10.0 Å². The van der Waals surface area contributed by atoms with Crippen LogP contribution in [0, 0.1) is 0 Å². The highest BCUT2D eigenvalue weighted by Crippen LogP contribution is 2.19. The molecule has 0 bridgehead atoms. The van der Waals surface area contributed by atoms with Crippen molar-refractivity contribution in [1.82, 2.24) is 0 Å². The number of amides is 1. The van der Waals surface area contributed by atoms with Crippen molar-refractivity contribution in [2.75, 3.05) is 10.0 Å². The summed E-state index contributed by atoms with van der Waals surface area (Å²) in [6.45, 7) is 1.38. The SMILES string of the molecule is CC(=O)Nc1ccc(S(=O)(=O)Nc2ccc(Cl)cc2)cc1. The maximum absolute atomic E-state index is 12.2. The number of halogens is 1. The van der Waals surface area contributed by atoms with E-state index in [0.717, 1.165) is 0 Å². The quantitative estimate of drug-likeness (QED) is 0.907. The van der Waals surface area contributed by atoms with E-state index in [9.17, 15) is 13.2 Å². The number of carbonyl (C=O) groups excluding carboxylic acids is 1. The number of sulfonamides is 1. The van der Waals surface area contributed by atoms with Crippen LogP contribution in [0.5, 0.6) is 0 Å². The van der Waals surface area contributed by atoms with Crippen LogP contribution >= 0.6 is 11.6 Å². The molecule has 0 spiro atoms. The van der Waals surface area contributed by atoms with Crippen LogP contribution in [0.3, 0.4) is 0 Å². The largest absolute Gasteiger partial charge is 0.326 e. The second-order valence-corrected chi connectivity index (χ2v) is 6.44. The lowest BCUT2D eigenvalue weighted by atomic mass is 10.3. The summed E-state index contributed by atoms with van der Waals surface area (Å²) in [7, 11) is -3.68. The van der Waals surface area contributed by atoms with E-state index in [1.54, 1.807) is 24.3 Å². The molecule has 110 valence electrons. The number of carbonyl (C=O) groups is 1. The van der Waals surface area contributed by atoms with E-state index in [1.807, 2.05) is 0 Å². The van der Waals surface area contributed by atoms with E-state index in [-0.39, 0.29) is 10.8 Å². The molecule has 0 unspecified atom stereocenters. The van der Waals surface area contributed by atoms with Gasteiger partial charge >= 0.3 is 0 Å². The lowest BCUT2D eigenvalue weighted by molar-refractivity contribution is -0.114. The first-order valence-electron chi connectivity index (χ1n) is 6.03. The molecule has 0 saturated carbocycles. The molecule has 7 heteroatoms. The number of hydrogen-bond acceptors (Lipinski definition) is 3. The van der Waals surface area contributed by atoms with Gasteiger partial charge in [0.2, 0.25) is 5.91 Å². The predicted octanol–water partition coefficient (Wildman–Crippen LogP) is 3.10. The van der Waals surface area contributed by atoms with Gasteiger partial charge in [0.05, 0.1) is 4.90 Å². The number of anilines is 2. The van der Waals surface area contributed by atoms with E-state index in [0.29, 0.717) is 16.4 Å². The molecule has 2 N–H and O–H groups in total. The standard InChI is InChI=1S/C14H13ClN2O3S/c1-10(18)16-12-6-8-14(9-7-12)21(19,20)17-13-4-2-11(15)3-5-13/h2-9,17H,1H3,(H,16,18). The molecule has 1 amide bonds. The average Bonchev–Trinajstić information content (AvgIpc) is 2.41. The summed E-state index contributed by atoms with van der Waals surface area (Å²) in [5.41, 5.74) is 0.957. The van der Waals surface area contributed by atoms with Crippen molar-refractivity contribution in [3.05, 3.63) is 53.6 Å². The summed E-state index contributed by atoms with van der Waals surface area (Å²) in [6, 6.07) is 12.2. The van der Waals surface area contributed by atoms with Crippen molar-refractivity contribution in [3.63, 3.8) is 0 Å². The molecule has 0 aliphatic rings. The smallest absolute Gasteiger partial charge is 0.261 e. The van der Waals surface area contributed by atoms with Crippen molar-refractivity contribution in [1.29, 1.82) is 0 Å². The third kappa shape index (κ3) is 4.21. The Bertz CT molecular complexity index is 741. The van der Waals surface area contributed by atoms with Crippen molar-refractivity contribution in [2.24, 2.45) is 0 Å². The molecule has 21 heavy (non-hydrogen) atoms. The van der Waals surface area contributed by atoms with E-state index in [4.69, 9.17) is 11.6 Å². The first-order valence-corrected chi connectivity index (χ1v) is 7.89. The fourth-order valence-electron chi connectivity index (χ4n) is 1.65. The van der Waals surface area contributed by atoms with Crippen LogP contribution in [0.1, 0.15) is 6.92 Å². The Morgan fingerprint density at radius 2 is 1.48 bits per heavy atom. The van der Waals surface area contributed by atoms with Gasteiger partial charge in [0.1, 0.15) is 0 Å². The lowest BCUT2D eigenvalue weighted by Gasteiger charge is -2.09. The molecule has 2 rings (SSSR count). The average molecular weight is 325 g/mol. The summed E-state index contributed by atoms with van der Waals surface area (Å²) in [5, 5.41) is 3.10. The van der Waals surface area contributed by atoms with Gasteiger partial charge in [-0.15, -0.1) is 0 Å². The van der Waals surface area contributed by atoms with Crippen molar-refractivity contribution in [2.45, 2.75) is 11.8 Å². The fraction of sp³-hybridized carbons (Fsp3) is 0.0714. The molecular formula is C14H13ClN2O3S. The van der Waals surface area contributed by atoms with Crippen LogP contribution < -0.4 is 10.0 Å². The van der Waals surface area contributed by atoms with Gasteiger partial charge in [0, 0.05) is 23.3 Å². The summed E-state index contributed by atoms with van der Waals surface area (Å²) in [6.07, 6.45) is 0. The Kier molecular flexibility index (Phi) is 4.50. The third-order valence-electron chi connectivity index (χ3n) is 2.58. The summed E-state index contributed by atoms with van der Waals surface area (Å²) < 4.78 is 26.8. The molecule has 0 atom stereocenters. The molecule has 0 radical (unpaired) electrons. The van der Waals surface area contributed by atoms with Crippen LogP contribution in [-0.4, -0.2) is 14.3 Å². The number of hydrogen-bond donors (Lipinski definition) is 2. The first-order chi connectivity index (χ1) is 9.87. The molecule has 0 fully saturated rings. The van der Waals surface area contributed by atoms with E-state index in [1.165, 1.54) is 31.2 Å². The molecule has 0 aliphatic carbocycles. The zero-order chi connectivity index (χ0) is 15.5. The summed E-state index contributed by atoms with van der Waals surface area (Å²) >= 11 is 5.75. The molecule has 0 aliphatic heterocycles. The zero-order valence-electron chi connectivity index (χ0n) is 11.1. The van der Waals surface area contributed by atoms with Crippen molar-refractivity contribution in [3.8, 4) is 0 Å². The molecule has 5 nitrogen and oxygen atoms in total. The minimum atomic E-state index is -3.68. The summed E-state index contributed by atoms with van der Waals surface area (Å²) in [4.78, 5) is 11.0. The molecular weight excluding hydrogens is 312 g/mol. The second kappa shape index (κ2) is 6.15. The van der Waals surface area contributed by atoms with E-state index in [2.05, 4.69) is 10.0 Å². The number of rotatable bonds is 4. The Hall–Kier alpha value is -2.05. The fourth-order valence-corrected chi connectivity index (χ4v) is 2.84. The number of nitrogens with one attached hydrogen (secondary N) is 2. The first kappa shape index (κ1) is 15.3. The number of benzene rings is 2. The highest BCUT2D eigenvalue weighted by Gasteiger charge is 2.14. The highest BCUT2D eigenvalue weighted by molar-refractivity contribution is 7.92. The Labute approximate surface area is 128 Å². The van der Waals surface area contributed by atoms with E-state index >= 15 is 0 Å². The minimum absolute atomic E-state index is 0.103. The molecule has 0 saturated heterocycles. The predicted molar refractivity (Wildman–Crippen MR) is 83.0 cm³/mol. The van der Waals surface area contributed by atoms with Gasteiger partial charge in [-0.05, 0) is 48.5 Å². The maximum atomic E-state index is 12.2. The Morgan fingerprint density at radius 3 is 2.00 bits per heavy atom. The topological polar surface area (TPSA) is 75.3 Å². The normalized spacial score (nSPS) is 11.0. The van der Waals surface area contributed by atoms with Gasteiger partial charge in [0.25, 0.3) is 10.0 Å². The molecule has 0 aromatic heterocycles. The van der Waals surface area contributed by atoms with Gasteiger partial charge in [-0.2, -0.15) is 0 Å². The van der Waals surface area contributed by atoms with Gasteiger partial charge in [-0.25, -0.2) is 8.42 Å². The third-order valence-corrected chi connectivity index (χ3v) is 4.23. The van der Waals surface area contributed by atoms with Gasteiger partial charge in [-0.3, -0.25) is 9.52 Å². The maximum Gasteiger partial charge on any atom is 0.261 e. The summed E-state index contributed by atoms with van der Waals surface area (Å²) in [5.74, 6) is -0.218. The Morgan fingerprint density at radius 1 is 0.952 bits per heavy atom. The minimum Gasteiger partial charge on any atom is -0.326 e. The lowest BCUT2D eigenvalue weighted by Crippen LogP contribution is -2.13. The Balaban J connectivity index is 2.19.